The number of nitrogens with one attached hydrogen (secondary N) is 2. The minimum Gasteiger partial charge on any atom is -0.477 e. The van der Waals surface area contributed by atoms with Crippen LogP contribution in [0.1, 0.15) is 20.3 Å². The molecule has 5 heterocycles. The highest BCUT2D eigenvalue weighted by Crippen LogP contribution is 2.40. The first-order valence-corrected chi connectivity index (χ1v) is 21.2. The van der Waals surface area contributed by atoms with E-state index in [0.29, 0.717) is 0 Å². The van der Waals surface area contributed by atoms with E-state index in [2.05, 4.69) is 10.6 Å². The monoisotopic (exact) mass is 998 g/mol. The predicted octanol–water partition coefficient (Wildman–Crippen LogP) is -12.4. The van der Waals surface area contributed by atoms with Gasteiger partial charge in [0.1, 0.15) is 116 Å². The smallest absolute Gasteiger partial charge is 0.364 e. The Balaban J connectivity index is 1.61. The molecule has 5 aliphatic heterocycles. The maximum Gasteiger partial charge on any atom is 0.364 e. The first-order chi connectivity index (χ1) is 32.0. The summed E-state index contributed by atoms with van der Waals surface area (Å²) in [5, 5.41) is 185. The molecule has 0 unspecified atom stereocenters. The molecule has 2 amide bonds. The average molecular weight is 999 g/mol. The number of carboxylic acid groups (broad SMARTS) is 1. The molecule has 0 aliphatic carbocycles. The Labute approximate surface area is 384 Å². The minimum atomic E-state index is -3.32. The fourth-order valence-electron chi connectivity index (χ4n) is 8.53. The third-order valence-corrected chi connectivity index (χ3v) is 12.1. The van der Waals surface area contributed by atoms with E-state index in [1.807, 2.05) is 0 Å². The number of aliphatic hydroxyl groups is 16. The molecular weight excluding hydrogens is 936 g/mol. The highest BCUT2D eigenvalue weighted by molar-refractivity contribution is 5.76. The summed E-state index contributed by atoms with van der Waals surface area (Å²) in [4.78, 5) is 38.3. The Bertz CT molecular complexity index is 1650. The molecule has 394 valence electrons. The van der Waals surface area contributed by atoms with Crippen LogP contribution >= 0.6 is 0 Å². The number of aliphatic carboxylic acids is 1. The second-order valence-corrected chi connectivity index (χ2v) is 16.8. The fraction of sp³-hybridized carbons (Fsp3) is 0.919. The maximum absolute atomic E-state index is 13.4. The summed E-state index contributed by atoms with van der Waals surface area (Å²) >= 11 is 0. The van der Waals surface area contributed by atoms with Gasteiger partial charge < -0.3 is 140 Å². The normalized spacial score (nSPS) is 46.6. The lowest BCUT2D eigenvalue weighted by Crippen LogP contribution is -2.72. The molecule has 0 saturated carbocycles. The zero-order valence-electron chi connectivity index (χ0n) is 36.2. The maximum atomic E-state index is 13.4. The SMILES string of the molecule is CC(=O)N[C@H]1[C@H](O[C@@H]2[C@H](O[C@]3(C(=O)O)C[C@H](O)[C@@H](NC(C)=O)[C@H]([C@H](O)[C@H](O)CO)O3)[C@@H](O)[C@H](O[C@H]3[C@H](O)[C@@H](O)[C@H](O)O[C@@H]3CO)O[C@@H]2CO)O[C@H](CO)[C@H](O)[C@@H]1O[C@@H]1O[C@H](CO)[C@H](O)[C@H](O)[C@H]1O. The van der Waals surface area contributed by atoms with Gasteiger partial charge in [-0.05, 0) is 0 Å². The van der Waals surface area contributed by atoms with Gasteiger partial charge in [-0.25, -0.2) is 4.79 Å². The van der Waals surface area contributed by atoms with E-state index in [0.717, 1.165) is 13.8 Å². The lowest BCUT2D eigenvalue weighted by molar-refractivity contribution is -0.402. The standard InChI is InChI=1S/C37H62N2O29/c1-9(45)38-17-11(47)3-37(36(58)59,67-30(17)19(49)12(48)4-40)68-31-26(56)35(64-27-15(7-43)60-32(57)24(54)23(27)53)63-16(8-44)28(31)65-33-18(39-10(2)46)29(21(51)14(6-42)61-33)66-34-25(55)22(52)20(50)13(5-41)62-34/h11-35,40-44,47-57H,3-8H2,1-2H3,(H,38,45)(H,39,46)(H,58,59)/t11-,12+,13+,14+,15+,16+,17+,18+,19+,20-,21-,22-,23+,24+,25+,26+,27+,28-,29+,30+,31+,32+,33-,34-,35-,37-/m0/s1. The predicted molar refractivity (Wildman–Crippen MR) is 207 cm³/mol. The van der Waals surface area contributed by atoms with E-state index in [9.17, 15) is 101 Å². The Morgan fingerprint density at radius 1 is 0.574 bits per heavy atom. The van der Waals surface area contributed by atoms with Gasteiger partial charge in [0.05, 0.1) is 45.2 Å². The molecule has 19 N–H and O–H groups in total. The van der Waals surface area contributed by atoms with Crippen molar-refractivity contribution in [3.8, 4) is 0 Å². The van der Waals surface area contributed by atoms with Crippen molar-refractivity contribution in [2.24, 2.45) is 0 Å². The van der Waals surface area contributed by atoms with Gasteiger partial charge in [-0.3, -0.25) is 9.59 Å². The van der Waals surface area contributed by atoms with Crippen LogP contribution in [0.4, 0.5) is 0 Å². The van der Waals surface area contributed by atoms with Gasteiger partial charge in [-0.2, -0.15) is 0 Å². The van der Waals surface area contributed by atoms with Crippen molar-refractivity contribution in [1.82, 2.24) is 10.6 Å². The van der Waals surface area contributed by atoms with E-state index in [1.54, 1.807) is 0 Å². The van der Waals surface area contributed by atoms with Crippen molar-refractivity contribution in [1.29, 1.82) is 0 Å². The second kappa shape index (κ2) is 23.8. The lowest BCUT2D eigenvalue weighted by Gasteiger charge is -2.52. The number of hydrogen-bond acceptors (Lipinski definition) is 28. The summed E-state index contributed by atoms with van der Waals surface area (Å²) in [6.07, 6.45) is -48.5. The number of hydrogen-bond donors (Lipinski definition) is 19. The largest absolute Gasteiger partial charge is 0.477 e. The molecule has 0 aromatic heterocycles. The summed E-state index contributed by atoms with van der Waals surface area (Å²) in [6, 6.07) is -3.59. The van der Waals surface area contributed by atoms with Crippen LogP contribution in [0.2, 0.25) is 0 Å². The van der Waals surface area contributed by atoms with Crippen molar-refractivity contribution < 1.29 is 144 Å². The number of ether oxygens (including phenoxy) is 9. The van der Waals surface area contributed by atoms with Crippen LogP contribution in [0.15, 0.2) is 0 Å². The summed E-state index contributed by atoms with van der Waals surface area (Å²) in [5.74, 6) is -7.24. The van der Waals surface area contributed by atoms with Gasteiger partial charge in [-0.1, -0.05) is 0 Å². The molecule has 5 fully saturated rings. The molecule has 5 saturated heterocycles. The quantitative estimate of drug-likeness (QED) is 0.0606. The molecule has 0 aromatic carbocycles. The molecule has 0 aromatic rings. The molecule has 68 heavy (non-hydrogen) atoms. The summed E-state index contributed by atoms with van der Waals surface area (Å²) in [7, 11) is 0. The van der Waals surface area contributed by atoms with Crippen LogP contribution in [0.25, 0.3) is 0 Å². The molecule has 0 bridgehead atoms. The van der Waals surface area contributed by atoms with Crippen molar-refractivity contribution in [2.75, 3.05) is 33.0 Å². The topological polar surface area (TPSA) is 502 Å². The van der Waals surface area contributed by atoms with Crippen LogP contribution in [-0.4, -0.2) is 297 Å². The molecule has 26 atom stereocenters. The zero-order chi connectivity index (χ0) is 50.7. The highest BCUT2D eigenvalue weighted by Gasteiger charge is 2.62. The van der Waals surface area contributed by atoms with Crippen LogP contribution in [-0.2, 0) is 57.0 Å². The number of amides is 2. The van der Waals surface area contributed by atoms with Gasteiger partial charge in [-0.15, -0.1) is 0 Å². The van der Waals surface area contributed by atoms with Crippen LogP contribution < -0.4 is 10.6 Å². The minimum absolute atomic E-state index is 0.856. The zero-order valence-corrected chi connectivity index (χ0v) is 36.2. The number of rotatable bonds is 18. The van der Waals surface area contributed by atoms with Crippen molar-refractivity contribution in [2.45, 2.75) is 179 Å². The number of aliphatic hydroxyl groups excluding tert-OH is 16. The van der Waals surface area contributed by atoms with Crippen molar-refractivity contribution >= 4 is 17.8 Å². The first-order valence-electron chi connectivity index (χ1n) is 21.2. The lowest BCUT2D eigenvalue weighted by atomic mass is 9.88. The van der Waals surface area contributed by atoms with E-state index >= 15 is 0 Å². The number of carbonyl (C=O) groups is 3. The Morgan fingerprint density at radius 2 is 1.07 bits per heavy atom. The summed E-state index contributed by atoms with van der Waals surface area (Å²) in [6.45, 7) is -3.48. The van der Waals surface area contributed by atoms with E-state index in [4.69, 9.17) is 42.6 Å². The van der Waals surface area contributed by atoms with E-state index < -0.39 is 216 Å². The molecule has 5 rings (SSSR count). The van der Waals surface area contributed by atoms with Crippen LogP contribution in [0, 0.1) is 0 Å². The second-order valence-electron chi connectivity index (χ2n) is 16.8. The first kappa shape index (κ1) is 56.3. The third kappa shape index (κ3) is 11.8. The molecule has 31 heteroatoms. The van der Waals surface area contributed by atoms with Gasteiger partial charge in [0, 0.05) is 20.3 Å². The van der Waals surface area contributed by atoms with E-state index in [-0.39, 0.29) is 0 Å². The van der Waals surface area contributed by atoms with Crippen LogP contribution in [0.5, 0.6) is 0 Å². The number of carboxylic acids is 1. The Kier molecular flexibility index (Phi) is 19.7. The van der Waals surface area contributed by atoms with Crippen molar-refractivity contribution in [3.63, 3.8) is 0 Å². The van der Waals surface area contributed by atoms with Gasteiger partial charge in [0.25, 0.3) is 5.79 Å². The van der Waals surface area contributed by atoms with Gasteiger partial charge in [0.15, 0.2) is 25.2 Å². The van der Waals surface area contributed by atoms with Gasteiger partial charge in [0.2, 0.25) is 11.8 Å². The average Bonchev–Trinajstić information content (AvgIpc) is 3.29. The molecule has 5 aliphatic rings. The molecule has 0 spiro atoms. The Hall–Kier alpha value is -2.59. The summed E-state index contributed by atoms with van der Waals surface area (Å²) in [5.41, 5.74) is 0. The van der Waals surface area contributed by atoms with Crippen LogP contribution in [0.3, 0.4) is 0 Å². The fourth-order valence-corrected chi connectivity index (χ4v) is 8.53. The Morgan fingerprint density at radius 3 is 1.63 bits per heavy atom. The van der Waals surface area contributed by atoms with Crippen molar-refractivity contribution in [3.05, 3.63) is 0 Å². The molecule has 31 nitrogen and oxygen atoms in total. The van der Waals surface area contributed by atoms with E-state index in [1.165, 1.54) is 0 Å². The molecule has 0 radical (unpaired) electrons. The number of carbonyl (C=O) groups excluding carboxylic acids is 2. The summed E-state index contributed by atoms with van der Waals surface area (Å²) < 4.78 is 51.6. The van der Waals surface area contributed by atoms with Gasteiger partial charge >= 0.3 is 5.97 Å². The molecular formula is C37H62N2O29. The highest BCUT2D eigenvalue weighted by atomic mass is 16.8. The third-order valence-electron chi connectivity index (χ3n) is 12.1.